The van der Waals surface area contributed by atoms with Crippen LogP contribution in [0.2, 0.25) is 0 Å². The van der Waals surface area contributed by atoms with E-state index >= 15 is 0 Å². The highest BCUT2D eigenvalue weighted by atomic mass is 32.1. The van der Waals surface area contributed by atoms with Crippen molar-refractivity contribution in [3.05, 3.63) is 52.5 Å². The van der Waals surface area contributed by atoms with Crippen molar-refractivity contribution in [3.63, 3.8) is 0 Å². The molecule has 2 nitrogen and oxygen atoms in total. The molecule has 0 bridgehead atoms. The average Bonchev–Trinajstić information content (AvgIpc) is 2.88. The Morgan fingerprint density at radius 2 is 2.06 bits per heavy atom. The van der Waals surface area contributed by atoms with Gasteiger partial charge in [-0.05, 0) is 23.6 Å². The molecule has 0 aliphatic heterocycles. The van der Waals surface area contributed by atoms with Crippen LogP contribution >= 0.6 is 11.3 Å². The number of nitrogens with zero attached hydrogens (tertiary/aromatic N) is 1. The Hall–Kier alpha value is -1.39. The molecule has 0 atom stereocenters. The van der Waals surface area contributed by atoms with E-state index in [1.54, 1.807) is 23.5 Å². The highest BCUT2D eigenvalue weighted by Crippen LogP contribution is 2.16. The molecule has 0 spiro atoms. The van der Waals surface area contributed by atoms with E-state index in [2.05, 4.69) is 16.8 Å². The molecule has 0 saturated carbocycles. The number of hydrogen-bond donors (Lipinski definition) is 1. The van der Waals surface area contributed by atoms with Gasteiger partial charge in [0.25, 0.3) is 0 Å². The van der Waals surface area contributed by atoms with Gasteiger partial charge >= 0.3 is 0 Å². The first-order valence-corrected chi connectivity index (χ1v) is 6.84. The van der Waals surface area contributed by atoms with Gasteiger partial charge in [0.05, 0.1) is 5.69 Å². The maximum absolute atomic E-state index is 13.5. The van der Waals surface area contributed by atoms with E-state index in [0.717, 1.165) is 19.6 Å². The van der Waals surface area contributed by atoms with Gasteiger partial charge in [-0.15, -0.1) is 11.3 Å². The third kappa shape index (κ3) is 3.55. The second-order valence-electron chi connectivity index (χ2n) is 4.13. The second-order valence-corrected chi connectivity index (χ2v) is 5.16. The lowest BCUT2D eigenvalue weighted by Gasteiger charge is -2.19. The summed E-state index contributed by atoms with van der Waals surface area (Å²) >= 11 is 1.74. The molecule has 0 radical (unpaired) electrons. The molecular weight excluding hydrogens is 247 g/mol. The summed E-state index contributed by atoms with van der Waals surface area (Å²) in [6, 6.07) is 11.0. The van der Waals surface area contributed by atoms with E-state index in [1.807, 2.05) is 24.1 Å². The van der Waals surface area contributed by atoms with E-state index in [1.165, 1.54) is 10.9 Å². The van der Waals surface area contributed by atoms with Crippen molar-refractivity contribution in [1.29, 1.82) is 0 Å². The molecule has 4 heteroatoms. The smallest absolute Gasteiger partial charge is 0.146 e. The average molecular weight is 264 g/mol. The van der Waals surface area contributed by atoms with Crippen molar-refractivity contribution in [2.24, 2.45) is 0 Å². The molecule has 18 heavy (non-hydrogen) atoms. The largest absolute Gasteiger partial charge is 0.371 e. The van der Waals surface area contributed by atoms with Crippen molar-refractivity contribution < 1.29 is 4.39 Å². The zero-order valence-corrected chi connectivity index (χ0v) is 11.2. The van der Waals surface area contributed by atoms with Gasteiger partial charge in [0.1, 0.15) is 5.82 Å². The van der Waals surface area contributed by atoms with Gasteiger partial charge < -0.3 is 10.2 Å². The fourth-order valence-corrected chi connectivity index (χ4v) is 2.43. The Balaban J connectivity index is 1.75. The third-order valence-corrected chi connectivity index (χ3v) is 3.64. The van der Waals surface area contributed by atoms with E-state index in [0.29, 0.717) is 5.69 Å². The molecule has 0 fully saturated rings. The Bertz CT molecular complexity index is 470. The lowest BCUT2D eigenvalue weighted by atomic mass is 10.3. The fourth-order valence-electron chi connectivity index (χ4n) is 1.75. The zero-order valence-electron chi connectivity index (χ0n) is 10.4. The third-order valence-electron chi connectivity index (χ3n) is 2.77. The quantitative estimate of drug-likeness (QED) is 0.806. The predicted molar refractivity (Wildman–Crippen MR) is 75.7 cm³/mol. The molecule has 1 N–H and O–H groups in total. The number of likely N-dealkylation sites (N-methyl/N-ethyl adjacent to an activating group) is 1. The summed E-state index contributed by atoms with van der Waals surface area (Å²) in [6.45, 7) is 2.50. The molecule has 0 saturated heterocycles. The van der Waals surface area contributed by atoms with Crippen molar-refractivity contribution in [1.82, 2.24) is 5.32 Å². The number of benzene rings is 1. The van der Waals surface area contributed by atoms with Crippen LogP contribution in [0.5, 0.6) is 0 Å². The Morgan fingerprint density at radius 3 is 2.78 bits per heavy atom. The molecular formula is C14H17FN2S. The number of anilines is 1. The van der Waals surface area contributed by atoms with Crippen LogP contribution < -0.4 is 10.2 Å². The SMILES string of the molecule is CN(CCNCc1cccs1)c1ccccc1F. The van der Waals surface area contributed by atoms with Crippen LogP contribution in [-0.2, 0) is 6.54 Å². The van der Waals surface area contributed by atoms with Crippen LogP contribution in [0.1, 0.15) is 4.88 Å². The van der Waals surface area contributed by atoms with Crippen LogP contribution in [-0.4, -0.2) is 20.1 Å². The van der Waals surface area contributed by atoms with Gasteiger partial charge in [0, 0.05) is 31.6 Å². The summed E-state index contributed by atoms with van der Waals surface area (Å²) < 4.78 is 13.5. The Labute approximate surface area is 111 Å². The number of rotatable bonds is 6. The lowest BCUT2D eigenvalue weighted by molar-refractivity contribution is 0.616. The van der Waals surface area contributed by atoms with Crippen LogP contribution in [0.3, 0.4) is 0 Å². The molecule has 96 valence electrons. The van der Waals surface area contributed by atoms with Crippen LogP contribution in [0.25, 0.3) is 0 Å². The number of para-hydroxylation sites is 1. The molecule has 2 rings (SSSR count). The minimum Gasteiger partial charge on any atom is -0.371 e. The Morgan fingerprint density at radius 1 is 1.22 bits per heavy atom. The van der Waals surface area contributed by atoms with Crippen molar-refractivity contribution in [3.8, 4) is 0 Å². The minimum absolute atomic E-state index is 0.168. The molecule has 1 heterocycles. The summed E-state index contributed by atoms with van der Waals surface area (Å²) in [5.74, 6) is -0.168. The van der Waals surface area contributed by atoms with Gasteiger partial charge in [-0.3, -0.25) is 0 Å². The summed E-state index contributed by atoms with van der Waals surface area (Å²) in [5, 5.41) is 5.43. The molecule has 0 aliphatic carbocycles. The molecule has 1 aromatic heterocycles. The first-order chi connectivity index (χ1) is 8.77. The molecule has 2 aromatic rings. The highest BCUT2D eigenvalue weighted by molar-refractivity contribution is 7.09. The number of nitrogens with one attached hydrogen (secondary N) is 1. The summed E-state index contributed by atoms with van der Waals surface area (Å²) in [7, 11) is 1.91. The lowest BCUT2D eigenvalue weighted by Crippen LogP contribution is -2.29. The van der Waals surface area contributed by atoms with E-state index in [-0.39, 0.29) is 5.82 Å². The van der Waals surface area contributed by atoms with Crippen LogP contribution in [0, 0.1) is 5.82 Å². The molecule has 0 amide bonds. The van der Waals surface area contributed by atoms with Crippen LogP contribution in [0.15, 0.2) is 41.8 Å². The predicted octanol–water partition coefficient (Wildman–Crippen LogP) is 3.11. The summed E-state index contributed by atoms with van der Waals surface area (Å²) in [6.07, 6.45) is 0. The van der Waals surface area contributed by atoms with Gasteiger partial charge in [-0.25, -0.2) is 4.39 Å². The van der Waals surface area contributed by atoms with Crippen molar-refractivity contribution in [2.45, 2.75) is 6.54 Å². The molecule has 1 aromatic carbocycles. The number of hydrogen-bond acceptors (Lipinski definition) is 3. The zero-order chi connectivity index (χ0) is 12.8. The maximum atomic E-state index is 13.5. The highest BCUT2D eigenvalue weighted by Gasteiger charge is 2.05. The fraction of sp³-hybridized carbons (Fsp3) is 0.286. The Kier molecular flexibility index (Phi) is 4.73. The maximum Gasteiger partial charge on any atom is 0.146 e. The summed E-state index contributed by atoms with van der Waals surface area (Å²) in [5.41, 5.74) is 0.649. The van der Waals surface area contributed by atoms with E-state index in [9.17, 15) is 4.39 Å². The minimum atomic E-state index is -0.168. The summed E-state index contributed by atoms with van der Waals surface area (Å²) in [4.78, 5) is 3.25. The van der Waals surface area contributed by atoms with Gasteiger partial charge in [-0.2, -0.15) is 0 Å². The molecule has 0 aliphatic rings. The van der Waals surface area contributed by atoms with E-state index < -0.39 is 0 Å². The second kappa shape index (κ2) is 6.52. The van der Waals surface area contributed by atoms with Crippen molar-refractivity contribution in [2.75, 3.05) is 25.0 Å². The first-order valence-electron chi connectivity index (χ1n) is 5.96. The van der Waals surface area contributed by atoms with Crippen molar-refractivity contribution >= 4 is 17.0 Å². The molecule has 0 unspecified atom stereocenters. The topological polar surface area (TPSA) is 15.3 Å². The monoisotopic (exact) mass is 264 g/mol. The van der Waals surface area contributed by atoms with E-state index in [4.69, 9.17) is 0 Å². The van der Waals surface area contributed by atoms with Crippen LogP contribution in [0.4, 0.5) is 10.1 Å². The van der Waals surface area contributed by atoms with Gasteiger partial charge in [0.15, 0.2) is 0 Å². The normalized spacial score (nSPS) is 10.6. The first kappa shape index (κ1) is 13.1. The van der Waals surface area contributed by atoms with Gasteiger partial charge in [0.2, 0.25) is 0 Å². The number of halogens is 1. The number of thiophene rings is 1. The standard InChI is InChI=1S/C14H17FN2S/c1-17(14-7-3-2-6-13(14)15)9-8-16-11-12-5-4-10-18-12/h2-7,10,16H,8-9,11H2,1H3. The van der Waals surface area contributed by atoms with Gasteiger partial charge in [-0.1, -0.05) is 18.2 Å².